The second kappa shape index (κ2) is 5.40. The van der Waals surface area contributed by atoms with Crippen LogP contribution in [0.3, 0.4) is 0 Å². The summed E-state index contributed by atoms with van der Waals surface area (Å²) in [6.07, 6.45) is 10.0. The summed E-state index contributed by atoms with van der Waals surface area (Å²) in [5.41, 5.74) is 2.08. The summed E-state index contributed by atoms with van der Waals surface area (Å²) in [5.74, 6) is 0.920. The third kappa shape index (κ3) is 2.53. The minimum absolute atomic E-state index is 0.263. The first kappa shape index (κ1) is 14.8. The average molecular weight is 325 g/mol. The molecule has 3 aromatic heterocycles. The van der Waals surface area contributed by atoms with Gasteiger partial charge in [0.05, 0.1) is 23.8 Å². The highest BCUT2D eigenvalue weighted by molar-refractivity contribution is 5.81. The van der Waals surface area contributed by atoms with E-state index in [1.807, 2.05) is 19.4 Å². The second-order valence-corrected chi connectivity index (χ2v) is 6.66. The Morgan fingerprint density at radius 1 is 1.29 bits per heavy atom. The number of Topliss-reactive ketones (excluding diaryl/α,β-unsaturated/α-hetero) is 1. The highest BCUT2D eigenvalue weighted by Crippen LogP contribution is 2.37. The van der Waals surface area contributed by atoms with E-state index in [4.69, 9.17) is 4.98 Å². The largest absolute Gasteiger partial charge is 0.334 e. The van der Waals surface area contributed by atoms with Crippen molar-refractivity contribution in [2.75, 3.05) is 5.32 Å². The summed E-state index contributed by atoms with van der Waals surface area (Å²) >= 11 is 0. The monoisotopic (exact) mass is 325 g/mol. The number of aryl methyl sites for hydroxylation is 1. The van der Waals surface area contributed by atoms with Gasteiger partial charge in [0.1, 0.15) is 12.1 Å². The molecule has 1 N–H and O–H groups in total. The molecule has 1 fully saturated rings. The number of rotatable bonds is 3. The SMILES string of the molecule is Cn1cc(Nc2nc(C3(C)CCCC(=O)C3)cn3ncnc23)cn1. The first-order valence-corrected chi connectivity index (χ1v) is 8.02. The van der Waals surface area contributed by atoms with E-state index in [2.05, 4.69) is 27.4 Å². The molecule has 124 valence electrons. The van der Waals surface area contributed by atoms with Gasteiger partial charge in [0.2, 0.25) is 0 Å². The molecule has 0 aromatic carbocycles. The fraction of sp³-hybridized carbons (Fsp3) is 0.438. The van der Waals surface area contributed by atoms with Gasteiger partial charge in [-0.25, -0.2) is 14.5 Å². The number of nitrogens with one attached hydrogen (secondary N) is 1. The Kier molecular flexibility index (Phi) is 3.33. The van der Waals surface area contributed by atoms with Crippen LogP contribution in [0.15, 0.2) is 24.9 Å². The number of fused-ring (bicyclic) bond motifs is 1. The Bertz CT molecular complexity index is 912. The van der Waals surface area contributed by atoms with Crippen molar-refractivity contribution < 1.29 is 4.79 Å². The van der Waals surface area contributed by atoms with Gasteiger partial charge in [0, 0.05) is 31.5 Å². The molecule has 1 saturated carbocycles. The van der Waals surface area contributed by atoms with Crippen LogP contribution in [-0.2, 0) is 17.3 Å². The first-order valence-electron chi connectivity index (χ1n) is 8.02. The fourth-order valence-corrected chi connectivity index (χ4v) is 3.33. The van der Waals surface area contributed by atoms with Gasteiger partial charge in [0.15, 0.2) is 11.5 Å². The van der Waals surface area contributed by atoms with E-state index in [1.54, 1.807) is 15.4 Å². The van der Waals surface area contributed by atoms with Gasteiger partial charge in [-0.1, -0.05) is 6.92 Å². The Labute approximate surface area is 138 Å². The van der Waals surface area contributed by atoms with Gasteiger partial charge in [-0.05, 0) is 12.8 Å². The summed E-state index contributed by atoms with van der Waals surface area (Å²) in [6.45, 7) is 2.10. The van der Waals surface area contributed by atoms with Gasteiger partial charge in [-0.3, -0.25) is 9.48 Å². The van der Waals surface area contributed by atoms with Crippen LogP contribution in [0, 0.1) is 0 Å². The Hall–Kier alpha value is -2.77. The molecule has 0 aliphatic heterocycles. The second-order valence-electron chi connectivity index (χ2n) is 6.66. The summed E-state index contributed by atoms with van der Waals surface area (Å²) in [6, 6.07) is 0. The molecule has 8 heteroatoms. The highest BCUT2D eigenvalue weighted by Gasteiger charge is 2.35. The molecule has 0 bridgehead atoms. The normalized spacial score (nSPS) is 21.3. The summed E-state index contributed by atoms with van der Waals surface area (Å²) in [7, 11) is 1.86. The molecule has 4 rings (SSSR count). The van der Waals surface area contributed by atoms with Gasteiger partial charge in [-0.2, -0.15) is 10.2 Å². The van der Waals surface area contributed by atoms with Crippen LogP contribution in [0.5, 0.6) is 0 Å². The summed E-state index contributed by atoms with van der Waals surface area (Å²) in [4.78, 5) is 21.0. The highest BCUT2D eigenvalue weighted by atomic mass is 16.1. The zero-order chi connectivity index (χ0) is 16.7. The van der Waals surface area contributed by atoms with E-state index in [-0.39, 0.29) is 5.41 Å². The van der Waals surface area contributed by atoms with Crippen molar-refractivity contribution in [2.45, 2.75) is 38.0 Å². The lowest BCUT2D eigenvalue weighted by Crippen LogP contribution is -2.31. The van der Waals surface area contributed by atoms with E-state index in [1.165, 1.54) is 6.33 Å². The number of nitrogens with zero attached hydrogens (tertiary/aromatic N) is 6. The predicted octanol–water partition coefficient (Wildman–Crippen LogP) is 2.00. The van der Waals surface area contributed by atoms with Gasteiger partial charge < -0.3 is 5.32 Å². The van der Waals surface area contributed by atoms with E-state index in [0.717, 1.165) is 24.2 Å². The van der Waals surface area contributed by atoms with Crippen molar-refractivity contribution in [3.8, 4) is 0 Å². The Balaban J connectivity index is 1.78. The molecule has 1 aliphatic carbocycles. The maximum Gasteiger partial charge on any atom is 0.198 e. The zero-order valence-corrected chi connectivity index (χ0v) is 13.7. The van der Waals surface area contributed by atoms with E-state index in [9.17, 15) is 4.79 Å². The smallest absolute Gasteiger partial charge is 0.198 e. The molecule has 1 unspecified atom stereocenters. The first-order chi connectivity index (χ1) is 11.5. The molecule has 3 heterocycles. The lowest BCUT2D eigenvalue weighted by Gasteiger charge is -2.32. The molecular formula is C16H19N7O. The van der Waals surface area contributed by atoms with Crippen LogP contribution in [0.25, 0.3) is 5.65 Å². The lowest BCUT2D eigenvalue weighted by molar-refractivity contribution is -0.121. The fourth-order valence-electron chi connectivity index (χ4n) is 3.33. The molecule has 0 radical (unpaired) electrons. The number of aromatic nitrogens is 6. The maximum absolute atomic E-state index is 12.0. The molecule has 24 heavy (non-hydrogen) atoms. The minimum atomic E-state index is -0.263. The van der Waals surface area contributed by atoms with Crippen LogP contribution in [-0.4, -0.2) is 35.1 Å². The van der Waals surface area contributed by atoms with E-state index < -0.39 is 0 Å². The summed E-state index contributed by atoms with van der Waals surface area (Å²) < 4.78 is 3.43. The van der Waals surface area contributed by atoms with Gasteiger partial charge >= 0.3 is 0 Å². The van der Waals surface area contributed by atoms with Crippen LogP contribution in [0.2, 0.25) is 0 Å². The quantitative estimate of drug-likeness (QED) is 0.792. The van der Waals surface area contributed by atoms with Gasteiger partial charge in [-0.15, -0.1) is 0 Å². The molecule has 8 nitrogen and oxygen atoms in total. The molecular weight excluding hydrogens is 306 g/mol. The molecule has 0 amide bonds. The minimum Gasteiger partial charge on any atom is -0.334 e. The molecule has 1 atom stereocenters. The number of carbonyl (C=O) groups excluding carboxylic acids is 1. The third-order valence-corrected chi connectivity index (χ3v) is 4.62. The van der Waals surface area contributed by atoms with Gasteiger partial charge in [0.25, 0.3) is 0 Å². The zero-order valence-electron chi connectivity index (χ0n) is 13.7. The molecule has 1 aliphatic rings. The van der Waals surface area contributed by atoms with Crippen molar-refractivity contribution >= 4 is 22.9 Å². The number of hydrogen-bond acceptors (Lipinski definition) is 6. The van der Waals surface area contributed by atoms with Crippen molar-refractivity contribution in [3.63, 3.8) is 0 Å². The van der Waals surface area contributed by atoms with E-state index in [0.29, 0.717) is 30.1 Å². The van der Waals surface area contributed by atoms with Crippen molar-refractivity contribution in [1.82, 2.24) is 29.4 Å². The van der Waals surface area contributed by atoms with Crippen LogP contribution < -0.4 is 5.32 Å². The molecule has 0 saturated heterocycles. The lowest BCUT2D eigenvalue weighted by atomic mass is 9.73. The van der Waals surface area contributed by atoms with E-state index >= 15 is 0 Å². The molecule has 0 spiro atoms. The van der Waals surface area contributed by atoms with Crippen LogP contribution >= 0.6 is 0 Å². The van der Waals surface area contributed by atoms with Crippen molar-refractivity contribution in [3.05, 3.63) is 30.6 Å². The number of anilines is 2. The third-order valence-electron chi connectivity index (χ3n) is 4.62. The average Bonchev–Trinajstić information content (AvgIpc) is 3.16. The standard InChI is InChI=1S/C16H19N7O/c1-16(5-3-4-12(24)6-16)13-9-23-15(17-10-19-23)14(21-13)20-11-7-18-22(2)8-11/h7-10H,3-6H2,1-2H3,(H,20,21). The Morgan fingerprint density at radius 3 is 2.92 bits per heavy atom. The number of ketones is 1. The number of carbonyl (C=O) groups is 1. The Morgan fingerprint density at radius 2 is 2.17 bits per heavy atom. The summed E-state index contributed by atoms with van der Waals surface area (Å²) in [5, 5.41) is 11.7. The van der Waals surface area contributed by atoms with Crippen LogP contribution in [0.1, 0.15) is 38.3 Å². The topological polar surface area (TPSA) is 90.0 Å². The van der Waals surface area contributed by atoms with Crippen molar-refractivity contribution in [1.29, 1.82) is 0 Å². The maximum atomic E-state index is 12.0. The van der Waals surface area contributed by atoms with Crippen LogP contribution in [0.4, 0.5) is 11.5 Å². The predicted molar refractivity (Wildman–Crippen MR) is 88.1 cm³/mol. The molecule has 3 aromatic rings. The number of hydrogen-bond donors (Lipinski definition) is 1. The van der Waals surface area contributed by atoms with Crippen molar-refractivity contribution in [2.24, 2.45) is 7.05 Å².